The van der Waals surface area contributed by atoms with Gasteiger partial charge in [-0.05, 0) is 29.8 Å². The quantitative estimate of drug-likeness (QED) is 0.368. The summed E-state index contributed by atoms with van der Waals surface area (Å²) in [5.74, 6) is 0.519. The predicted octanol–water partition coefficient (Wildman–Crippen LogP) is 3.42. The van der Waals surface area contributed by atoms with Gasteiger partial charge in [-0.1, -0.05) is 17.3 Å². The largest absolute Gasteiger partial charge is 0.497 e. The van der Waals surface area contributed by atoms with Crippen LogP contribution in [0.1, 0.15) is 27.8 Å². The van der Waals surface area contributed by atoms with E-state index in [0.717, 1.165) is 5.56 Å². The van der Waals surface area contributed by atoms with E-state index in [-0.39, 0.29) is 11.7 Å². The molecule has 0 fully saturated rings. The highest BCUT2D eigenvalue weighted by Gasteiger charge is 2.20. The SMILES string of the molecule is COc1cc(NC(NC(=O)c2cccnc2)c2cn(Cc3ccc(F)cc3)nn2)cc(OC)c1. The van der Waals surface area contributed by atoms with Crippen molar-refractivity contribution in [3.8, 4) is 11.5 Å². The smallest absolute Gasteiger partial charge is 0.254 e. The Hall–Kier alpha value is -4.47. The van der Waals surface area contributed by atoms with Crippen molar-refractivity contribution in [2.24, 2.45) is 0 Å². The first-order valence-corrected chi connectivity index (χ1v) is 10.4. The van der Waals surface area contributed by atoms with Gasteiger partial charge in [0.25, 0.3) is 5.91 Å². The minimum absolute atomic E-state index is 0.306. The van der Waals surface area contributed by atoms with E-state index in [1.54, 1.807) is 73.8 Å². The molecular formula is C24H23FN6O3. The van der Waals surface area contributed by atoms with Gasteiger partial charge in [0.2, 0.25) is 0 Å². The summed E-state index contributed by atoms with van der Waals surface area (Å²) < 4.78 is 25.5. The molecule has 34 heavy (non-hydrogen) atoms. The van der Waals surface area contributed by atoms with Crippen LogP contribution in [0, 0.1) is 5.82 Å². The van der Waals surface area contributed by atoms with Crippen molar-refractivity contribution >= 4 is 11.6 Å². The summed E-state index contributed by atoms with van der Waals surface area (Å²) in [6.45, 7) is 0.392. The molecule has 1 amide bonds. The number of hydrogen-bond acceptors (Lipinski definition) is 7. The number of rotatable bonds is 9. The molecule has 0 saturated heterocycles. The van der Waals surface area contributed by atoms with Crippen LogP contribution < -0.4 is 20.1 Å². The van der Waals surface area contributed by atoms with E-state index in [4.69, 9.17) is 9.47 Å². The number of benzene rings is 2. The predicted molar refractivity (Wildman–Crippen MR) is 123 cm³/mol. The van der Waals surface area contributed by atoms with Crippen molar-refractivity contribution < 1.29 is 18.7 Å². The maximum absolute atomic E-state index is 13.2. The highest BCUT2D eigenvalue weighted by molar-refractivity contribution is 5.94. The Kier molecular flexibility index (Phi) is 6.97. The van der Waals surface area contributed by atoms with Crippen molar-refractivity contribution in [2.45, 2.75) is 12.7 Å². The van der Waals surface area contributed by atoms with Gasteiger partial charge >= 0.3 is 0 Å². The second kappa shape index (κ2) is 10.4. The molecule has 2 aromatic carbocycles. The van der Waals surface area contributed by atoms with Gasteiger partial charge in [0.1, 0.15) is 29.2 Å². The molecule has 9 nitrogen and oxygen atoms in total. The fraction of sp³-hybridized carbons (Fsp3) is 0.167. The molecule has 4 rings (SSSR count). The molecular weight excluding hydrogens is 439 g/mol. The fourth-order valence-corrected chi connectivity index (χ4v) is 3.25. The number of hydrogen-bond donors (Lipinski definition) is 2. The summed E-state index contributed by atoms with van der Waals surface area (Å²) in [7, 11) is 3.11. The molecule has 1 unspecified atom stereocenters. The normalized spacial score (nSPS) is 11.5. The average Bonchev–Trinajstić information content (AvgIpc) is 3.33. The van der Waals surface area contributed by atoms with Crippen molar-refractivity contribution in [2.75, 3.05) is 19.5 Å². The number of nitrogens with one attached hydrogen (secondary N) is 2. The average molecular weight is 462 g/mol. The highest BCUT2D eigenvalue weighted by Crippen LogP contribution is 2.28. The molecule has 174 valence electrons. The van der Waals surface area contributed by atoms with Crippen LogP contribution >= 0.6 is 0 Å². The van der Waals surface area contributed by atoms with E-state index in [0.29, 0.717) is 35.0 Å². The molecule has 0 spiro atoms. The van der Waals surface area contributed by atoms with Gasteiger partial charge in [0.15, 0.2) is 0 Å². The van der Waals surface area contributed by atoms with E-state index < -0.39 is 6.17 Å². The number of carbonyl (C=O) groups is 1. The summed E-state index contributed by atoms with van der Waals surface area (Å²) in [5.41, 5.74) is 2.37. The summed E-state index contributed by atoms with van der Waals surface area (Å²) in [4.78, 5) is 16.9. The first kappa shape index (κ1) is 22.7. The van der Waals surface area contributed by atoms with Gasteiger partial charge in [0.05, 0.1) is 32.5 Å². The van der Waals surface area contributed by atoms with Gasteiger partial charge in [0, 0.05) is 36.3 Å². The van der Waals surface area contributed by atoms with Crippen LogP contribution in [0.2, 0.25) is 0 Å². The highest BCUT2D eigenvalue weighted by atomic mass is 19.1. The van der Waals surface area contributed by atoms with Crippen molar-refractivity contribution in [1.29, 1.82) is 0 Å². The van der Waals surface area contributed by atoms with Gasteiger partial charge in [-0.25, -0.2) is 9.07 Å². The number of anilines is 1. The van der Waals surface area contributed by atoms with Crippen LogP contribution in [0.25, 0.3) is 0 Å². The minimum atomic E-state index is -0.730. The Labute approximate surface area is 195 Å². The molecule has 0 saturated carbocycles. The molecule has 10 heteroatoms. The molecule has 2 heterocycles. The topological polar surface area (TPSA) is 103 Å². The lowest BCUT2D eigenvalue weighted by Gasteiger charge is -2.20. The van der Waals surface area contributed by atoms with Crippen LogP contribution in [0.3, 0.4) is 0 Å². The van der Waals surface area contributed by atoms with E-state index in [1.807, 2.05) is 0 Å². The van der Waals surface area contributed by atoms with Crippen LogP contribution in [-0.2, 0) is 6.54 Å². The molecule has 0 aliphatic rings. The lowest BCUT2D eigenvalue weighted by atomic mass is 10.2. The van der Waals surface area contributed by atoms with Crippen LogP contribution in [0.5, 0.6) is 11.5 Å². The van der Waals surface area contributed by atoms with Gasteiger partial charge in [-0.2, -0.15) is 0 Å². The van der Waals surface area contributed by atoms with Crippen molar-refractivity contribution in [3.05, 3.63) is 95.8 Å². The van der Waals surface area contributed by atoms with E-state index in [1.165, 1.54) is 18.3 Å². The zero-order valence-corrected chi connectivity index (χ0v) is 18.6. The Balaban J connectivity index is 1.60. The summed E-state index contributed by atoms with van der Waals surface area (Å²) >= 11 is 0. The zero-order chi connectivity index (χ0) is 23.9. The van der Waals surface area contributed by atoms with Crippen LogP contribution in [0.4, 0.5) is 10.1 Å². The third-order valence-electron chi connectivity index (χ3n) is 4.97. The molecule has 1 atom stereocenters. The lowest BCUT2D eigenvalue weighted by Crippen LogP contribution is -2.33. The van der Waals surface area contributed by atoms with Crippen molar-refractivity contribution in [1.82, 2.24) is 25.3 Å². The molecule has 0 aliphatic heterocycles. The summed E-state index contributed by atoms with van der Waals surface area (Å²) in [6.07, 6.45) is 4.05. The first-order chi connectivity index (χ1) is 16.5. The van der Waals surface area contributed by atoms with Gasteiger partial charge < -0.3 is 20.1 Å². The number of pyridine rings is 1. The van der Waals surface area contributed by atoms with Crippen molar-refractivity contribution in [3.63, 3.8) is 0 Å². The zero-order valence-electron chi connectivity index (χ0n) is 18.6. The number of nitrogens with zero attached hydrogens (tertiary/aromatic N) is 4. The standard InChI is InChI=1S/C24H23FN6O3/c1-33-20-10-19(11-21(12-20)34-2)27-23(28-24(32)17-4-3-9-26-13-17)22-15-31(30-29-22)14-16-5-7-18(25)8-6-16/h3-13,15,23,27H,14H2,1-2H3,(H,28,32). The monoisotopic (exact) mass is 462 g/mol. The molecule has 2 aromatic heterocycles. The maximum Gasteiger partial charge on any atom is 0.254 e. The van der Waals surface area contributed by atoms with Gasteiger partial charge in [-0.3, -0.25) is 9.78 Å². The maximum atomic E-state index is 13.2. The van der Waals surface area contributed by atoms with Crippen LogP contribution in [-0.4, -0.2) is 40.1 Å². The molecule has 0 radical (unpaired) electrons. The van der Waals surface area contributed by atoms with Gasteiger partial charge in [-0.15, -0.1) is 5.10 Å². The summed E-state index contributed by atoms with van der Waals surface area (Å²) in [5, 5.41) is 14.6. The second-order valence-electron chi connectivity index (χ2n) is 7.36. The third-order valence-corrected chi connectivity index (χ3v) is 4.97. The van der Waals surface area contributed by atoms with Crippen LogP contribution in [0.15, 0.2) is 73.2 Å². The van der Waals surface area contributed by atoms with E-state index in [2.05, 4.69) is 25.9 Å². The number of aromatic nitrogens is 4. The number of ether oxygens (including phenoxy) is 2. The molecule has 0 aliphatic carbocycles. The lowest BCUT2D eigenvalue weighted by molar-refractivity contribution is 0.0940. The number of amides is 1. The number of carbonyl (C=O) groups excluding carboxylic acids is 1. The Bertz CT molecular complexity index is 1230. The molecule has 0 bridgehead atoms. The molecule has 2 N–H and O–H groups in total. The summed E-state index contributed by atoms with van der Waals surface area (Å²) in [6, 6.07) is 14.8. The minimum Gasteiger partial charge on any atom is -0.497 e. The fourth-order valence-electron chi connectivity index (χ4n) is 3.25. The third kappa shape index (κ3) is 5.66. The Morgan fingerprint density at radius 3 is 2.47 bits per heavy atom. The Morgan fingerprint density at radius 1 is 1.09 bits per heavy atom. The number of halogens is 1. The van der Waals surface area contributed by atoms with E-state index in [9.17, 15) is 9.18 Å². The second-order valence-corrected chi connectivity index (χ2v) is 7.36. The Morgan fingerprint density at radius 2 is 1.82 bits per heavy atom. The molecule has 4 aromatic rings. The first-order valence-electron chi connectivity index (χ1n) is 10.4. The number of methoxy groups -OCH3 is 2. The van der Waals surface area contributed by atoms with E-state index >= 15 is 0 Å².